The van der Waals surface area contributed by atoms with Gasteiger partial charge < -0.3 is 49.6 Å². The molecule has 12 heteroatoms. The van der Waals surface area contributed by atoms with Crippen LogP contribution in [0, 0.1) is 23.7 Å². The maximum atomic E-state index is 13.1. The van der Waals surface area contributed by atoms with Crippen LogP contribution >= 0.6 is 0 Å². The normalized spacial score (nSPS) is 22.9. The second-order valence-corrected chi connectivity index (χ2v) is 21.1. The molecule has 6 N–H and O–H groups in total. The number of ether oxygens (including phenoxy) is 4. The Kier molecular flexibility index (Phi) is 15.1. The van der Waals surface area contributed by atoms with Crippen LogP contribution in [0.15, 0.2) is 48.5 Å². The molecule has 2 aliphatic heterocycles. The third kappa shape index (κ3) is 10.7. The molecular weight excluding hydrogens is 865 g/mol. The van der Waals surface area contributed by atoms with E-state index in [2.05, 4.69) is 67.5 Å². The molecule has 2 heterocycles. The summed E-state index contributed by atoms with van der Waals surface area (Å²) in [4.78, 5) is 26.1. The number of rotatable bonds is 12. The summed E-state index contributed by atoms with van der Waals surface area (Å²) in [5.41, 5.74) is 3.30. The molecule has 2 saturated carbocycles. The highest BCUT2D eigenvalue weighted by Gasteiger charge is 2.49. The zero-order valence-electron chi connectivity index (χ0n) is 41.1. The average molecular weight is 937 g/mol. The van der Waals surface area contributed by atoms with Gasteiger partial charge in [0.2, 0.25) is 0 Å². The van der Waals surface area contributed by atoms with Crippen molar-refractivity contribution in [2.45, 2.75) is 168 Å². The van der Waals surface area contributed by atoms with E-state index in [1.165, 1.54) is 0 Å². The van der Waals surface area contributed by atoms with Crippen LogP contribution in [0.5, 0.6) is 57.5 Å². The average Bonchev–Trinajstić information content (AvgIpc) is 3.26. The number of fused-ring (bicyclic) bond motifs is 6. The van der Waals surface area contributed by atoms with Crippen LogP contribution in [-0.2, 0) is 12.8 Å². The van der Waals surface area contributed by atoms with Gasteiger partial charge in [-0.25, -0.2) is 9.59 Å². The van der Waals surface area contributed by atoms with E-state index in [9.17, 15) is 40.2 Å². The molecule has 0 radical (unpaired) electrons. The van der Waals surface area contributed by atoms with Crippen LogP contribution < -0.4 is 18.9 Å². The fourth-order valence-electron chi connectivity index (χ4n) is 11.4. The predicted molar refractivity (Wildman–Crippen MR) is 260 cm³/mol. The van der Waals surface area contributed by atoms with Crippen molar-refractivity contribution < 1.29 is 59.2 Å². The van der Waals surface area contributed by atoms with Gasteiger partial charge in [-0.1, -0.05) is 66.2 Å². The molecule has 0 saturated heterocycles. The highest BCUT2D eigenvalue weighted by molar-refractivity contribution is 5.93. The lowest BCUT2D eigenvalue weighted by Crippen LogP contribution is -2.46. The minimum atomic E-state index is -0.705. The number of carbonyl (C=O) groups excluding carboxylic acids is 2. The van der Waals surface area contributed by atoms with Gasteiger partial charge in [0.05, 0.1) is 11.1 Å². The Hall–Kier alpha value is -5.78. The van der Waals surface area contributed by atoms with E-state index in [0.29, 0.717) is 35.2 Å². The molecule has 0 unspecified atom stereocenters. The van der Waals surface area contributed by atoms with Gasteiger partial charge in [0.15, 0.2) is 34.5 Å². The van der Waals surface area contributed by atoms with E-state index in [-0.39, 0.29) is 34.2 Å². The first-order valence-corrected chi connectivity index (χ1v) is 24.9. The number of hydrogen-bond donors (Lipinski definition) is 6. The largest absolute Gasteiger partial charge is 0.504 e. The smallest absolute Gasteiger partial charge is 0.343 e. The molecular formula is C56H72O12. The van der Waals surface area contributed by atoms with Gasteiger partial charge in [-0.15, -0.1) is 0 Å². The molecule has 6 atom stereocenters. The van der Waals surface area contributed by atoms with Crippen molar-refractivity contribution in [3.63, 3.8) is 0 Å². The van der Waals surface area contributed by atoms with E-state index in [1.54, 1.807) is 0 Å². The monoisotopic (exact) mass is 937 g/mol. The summed E-state index contributed by atoms with van der Waals surface area (Å²) in [6.45, 7) is 17.5. The maximum absolute atomic E-state index is 13.1. The molecule has 4 aromatic rings. The third-order valence-electron chi connectivity index (χ3n) is 15.0. The molecule has 0 aromatic heterocycles. The molecule has 368 valence electrons. The summed E-state index contributed by atoms with van der Waals surface area (Å²) in [5.74, 6) is -0.275. The SMILES string of the molecule is CCCCCc1cc(OC(=O)c2cc(O)c(O)c(O)c2)c2c(c1)OC(C)(C)[C@@H]1CC[C@@H](C)C[C@@H]21.CCCCCc1cc(OC(=O)c2cc(O)c(O)c(O)c2)c2c(c1)OC(C)(C)[C@@H]1CC[C@H](C)C[C@@H]21. The van der Waals surface area contributed by atoms with Gasteiger partial charge in [0.1, 0.15) is 34.2 Å². The van der Waals surface area contributed by atoms with Crippen LogP contribution in [0.1, 0.15) is 187 Å². The Morgan fingerprint density at radius 3 is 1.24 bits per heavy atom. The molecule has 12 nitrogen and oxygen atoms in total. The highest BCUT2D eigenvalue weighted by atomic mass is 16.5. The first-order valence-electron chi connectivity index (χ1n) is 24.9. The van der Waals surface area contributed by atoms with E-state index < -0.39 is 46.4 Å². The van der Waals surface area contributed by atoms with Crippen LogP contribution in [0.3, 0.4) is 0 Å². The van der Waals surface area contributed by atoms with Crippen LogP contribution in [-0.4, -0.2) is 53.8 Å². The second-order valence-electron chi connectivity index (χ2n) is 21.1. The van der Waals surface area contributed by atoms with Crippen molar-refractivity contribution in [3.05, 3.63) is 81.9 Å². The summed E-state index contributed by atoms with van der Waals surface area (Å²) in [6, 6.07) is 12.5. The van der Waals surface area contributed by atoms with Crippen molar-refractivity contribution in [2.24, 2.45) is 23.7 Å². The van der Waals surface area contributed by atoms with Crippen LogP contribution in [0.4, 0.5) is 0 Å². The fraction of sp³-hybridized carbons (Fsp3) is 0.536. The Morgan fingerprint density at radius 2 is 0.897 bits per heavy atom. The van der Waals surface area contributed by atoms with Crippen LogP contribution in [0.2, 0.25) is 0 Å². The van der Waals surface area contributed by atoms with Gasteiger partial charge in [-0.05, 0) is 162 Å². The highest BCUT2D eigenvalue weighted by Crippen LogP contribution is 2.57. The lowest BCUT2D eigenvalue weighted by Gasteiger charge is -2.49. The topological polar surface area (TPSA) is 192 Å². The second kappa shape index (κ2) is 20.4. The van der Waals surface area contributed by atoms with Gasteiger partial charge in [-0.2, -0.15) is 0 Å². The lowest BCUT2D eigenvalue weighted by molar-refractivity contribution is -0.0150. The Bertz CT molecular complexity index is 2270. The standard InChI is InChI=1S/2C28H36O6/c2*1-5-6-7-8-17-12-23(33-27(32)18-14-21(29)26(31)22(30)15-18)25-19-11-16(2)9-10-20(19)28(3,4)34-24(25)13-17/h2*12-16,19-20,29-31H,5-11H2,1-4H3/t16-,19+,20+;16-,19-,20-/m01/s1. The number of phenolic OH excluding ortho intramolecular Hbond substituents is 6. The molecule has 2 fully saturated rings. The predicted octanol–water partition coefficient (Wildman–Crippen LogP) is 12.9. The number of unbranched alkanes of at least 4 members (excludes halogenated alkanes) is 4. The van der Waals surface area contributed by atoms with Gasteiger partial charge in [0, 0.05) is 23.0 Å². The quantitative estimate of drug-likeness (QED) is 0.0341. The fourth-order valence-corrected chi connectivity index (χ4v) is 11.4. The molecule has 8 rings (SSSR count). The number of aromatic hydroxyl groups is 6. The molecule has 4 aromatic carbocycles. The summed E-state index contributed by atoms with van der Waals surface area (Å²) in [7, 11) is 0. The number of phenols is 6. The Morgan fingerprint density at radius 1 is 0.544 bits per heavy atom. The van der Waals surface area contributed by atoms with Crippen molar-refractivity contribution in [2.75, 3.05) is 0 Å². The van der Waals surface area contributed by atoms with Crippen molar-refractivity contribution in [1.29, 1.82) is 0 Å². The minimum Gasteiger partial charge on any atom is -0.504 e. The third-order valence-corrected chi connectivity index (χ3v) is 15.0. The van der Waals surface area contributed by atoms with Gasteiger partial charge in [-0.3, -0.25) is 0 Å². The molecule has 0 bridgehead atoms. The van der Waals surface area contributed by atoms with Crippen molar-refractivity contribution >= 4 is 11.9 Å². The first-order chi connectivity index (χ1) is 32.2. The number of carbonyl (C=O) groups is 2. The summed E-state index contributed by atoms with van der Waals surface area (Å²) < 4.78 is 24.9. The maximum Gasteiger partial charge on any atom is 0.343 e. The number of benzene rings is 4. The summed E-state index contributed by atoms with van der Waals surface area (Å²) >= 11 is 0. The van der Waals surface area contributed by atoms with Crippen LogP contribution in [0.25, 0.3) is 0 Å². The van der Waals surface area contributed by atoms with Gasteiger partial charge >= 0.3 is 11.9 Å². The molecule has 68 heavy (non-hydrogen) atoms. The summed E-state index contributed by atoms with van der Waals surface area (Å²) in [6.07, 6.45) is 14.7. The Balaban J connectivity index is 0.000000201. The first kappa shape index (κ1) is 50.1. The van der Waals surface area contributed by atoms with E-state index in [0.717, 1.165) is 148 Å². The summed E-state index contributed by atoms with van der Waals surface area (Å²) in [5, 5.41) is 58.7. The van der Waals surface area contributed by atoms with Crippen molar-refractivity contribution in [1.82, 2.24) is 0 Å². The molecule has 4 aliphatic rings. The van der Waals surface area contributed by atoms with Gasteiger partial charge in [0.25, 0.3) is 0 Å². The van der Waals surface area contributed by atoms with E-state index in [4.69, 9.17) is 18.9 Å². The molecule has 0 spiro atoms. The number of esters is 2. The minimum absolute atomic E-state index is 0.0384. The Labute approximate surface area is 401 Å². The zero-order valence-corrected chi connectivity index (χ0v) is 41.1. The molecule has 2 aliphatic carbocycles. The van der Waals surface area contributed by atoms with E-state index >= 15 is 0 Å². The molecule has 0 amide bonds. The zero-order chi connectivity index (χ0) is 49.2. The van der Waals surface area contributed by atoms with E-state index in [1.807, 2.05) is 12.1 Å². The van der Waals surface area contributed by atoms with Crippen molar-refractivity contribution in [3.8, 4) is 57.5 Å². The lowest BCUT2D eigenvalue weighted by atomic mass is 9.64. The number of aryl methyl sites for hydroxylation is 2. The number of hydrogen-bond acceptors (Lipinski definition) is 12.